The van der Waals surface area contributed by atoms with E-state index in [1.165, 1.54) is 6.07 Å². The van der Waals surface area contributed by atoms with Crippen molar-refractivity contribution in [2.75, 3.05) is 0 Å². The summed E-state index contributed by atoms with van der Waals surface area (Å²) < 4.78 is 15.8. The third-order valence-electron chi connectivity index (χ3n) is 3.31. The molecule has 0 saturated heterocycles. The molecular formula is C13H16BrFN4. The molecular weight excluding hydrogens is 311 g/mol. The van der Waals surface area contributed by atoms with Gasteiger partial charge in [0.2, 0.25) is 0 Å². The van der Waals surface area contributed by atoms with Crippen molar-refractivity contribution < 1.29 is 4.39 Å². The minimum atomic E-state index is -0.267. The van der Waals surface area contributed by atoms with Crippen LogP contribution < -0.4 is 11.3 Å². The molecule has 1 aromatic carbocycles. The van der Waals surface area contributed by atoms with Crippen LogP contribution in [0.1, 0.15) is 22.9 Å². The highest BCUT2D eigenvalue weighted by Gasteiger charge is 2.18. The lowest BCUT2D eigenvalue weighted by Gasteiger charge is -2.17. The highest BCUT2D eigenvalue weighted by Crippen LogP contribution is 2.26. The summed E-state index contributed by atoms with van der Waals surface area (Å²) >= 11 is 3.27. The van der Waals surface area contributed by atoms with Gasteiger partial charge in [0.1, 0.15) is 5.82 Å². The predicted octanol–water partition coefficient (Wildman–Crippen LogP) is 2.38. The highest BCUT2D eigenvalue weighted by atomic mass is 79.9. The van der Waals surface area contributed by atoms with Gasteiger partial charge in [-0.15, -0.1) is 0 Å². The molecule has 6 heteroatoms. The van der Waals surface area contributed by atoms with Crippen LogP contribution in [-0.2, 0) is 13.5 Å². The minimum Gasteiger partial charge on any atom is -0.273 e. The van der Waals surface area contributed by atoms with E-state index >= 15 is 0 Å². The maximum Gasteiger partial charge on any atom is 0.137 e. The van der Waals surface area contributed by atoms with E-state index in [0.717, 1.165) is 16.8 Å². The fraction of sp³-hybridized carbons (Fsp3) is 0.308. The molecule has 0 aliphatic carbocycles. The van der Waals surface area contributed by atoms with Gasteiger partial charge in [-0.3, -0.25) is 16.0 Å². The molecule has 102 valence electrons. The van der Waals surface area contributed by atoms with E-state index in [9.17, 15) is 4.39 Å². The van der Waals surface area contributed by atoms with E-state index in [1.54, 1.807) is 16.9 Å². The minimum absolute atomic E-state index is 0.105. The van der Waals surface area contributed by atoms with Crippen molar-refractivity contribution in [3.05, 3.63) is 51.5 Å². The Morgan fingerprint density at radius 3 is 2.84 bits per heavy atom. The van der Waals surface area contributed by atoms with Gasteiger partial charge in [-0.2, -0.15) is 5.10 Å². The van der Waals surface area contributed by atoms with Crippen LogP contribution in [0, 0.1) is 12.7 Å². The maximum absolute atomic E-state index is 13.5. The highest BCUT2D eigenvalue weighted by molar-refractivity contribution is 9.10. The van der Waals surface area contributed by atoms with E-state index in [4.69, 9.17) is 5.84 Å². The average Bonchev–Trinajstić information content (AvgIpc) is 2.72. The summed E-state index contributed by atoms with van der Waals surface area (Å²) in [6.07, 6.45) is 2.37. The molecule has 4 nitrogen and oxygen atoms in total. The molecule has 0 bridgehead atoms. The lowest BCUT2D eigenvalue weighted by Crippen LogP contribution is -2.30. The maximum atomic E-state index is 13.5. The first-order valence-corrected chi connectivity index (χ1v) is 6.71. The first-order valence-electron chi connectivity index (χ1n) is 5.92. The summed E-state index contributed by atoms with van der Waals surface area (Å²) in [7, 11) is 1.88. The van der Waals surface area contributed by atoms with Crippen LogP contribution >= 0.6 is 15.9 Å². The fourth-order valence-electron chi connectivity index (χ4n) is 2.04. The summed E-state index contributed by atoms with van der Waals surface area (Å²) in [6.45, 7) is 1.98. The predicted molar refractivity (Wildman–Crippen MR) is 75.8 cm³/mol. The Balaban J connectivity index is 2.29. The summed E-state index contributed by atoms with van der Waals surface area (Å²) in [5, 5.41) is 4.20. The van der Waals surface area contributed by atoms with Crippen LogP contribution in [0.5, 0.6) is 0 Å². The Bertz CT molecular complexity index is 582. The second kappa shape index (κ2) is 5.81. The third kappa shape index (κ3) is 2.86. The molecule has 0 amide bonds. The molecule has 1 unspecified atom stereocenters. The van der Waals surface area contributed by atoms with Gasteiger partial charge in [-0.1, -0.05) is 12.1 Å². The number of aryl methyl sites for hydroxylation is 1. The Kier molecular flexibility index (Phi) is 4.34. The topological polar surface area (TPSA) is 55.9 Å². The number of hydrogen-bond acceptors (Lipinski definition) is 3. The second-order valence-corrected chi connectivity index (χ2v) is 5.24. The van der Waals surface area contributed by atoms with E-state index < -0.39 is 0 Å². The number of nitrogens with one attached hydrogen (secondary N) is 1. The normalized spacial score (nSPS) is 12.7. The van der Waals surface area contributed by atoms with Crippen LogP contribution in [0.2, 0.25) is 0 Å². The Morgan fingerprint density at radius 2 is 2.26 bits per heavy atom. The van der Waals surface area contributed by atoms with Crippen LogP contribution in [-0.4, -0.2) is 9.78 Å². The van der Waals surface area contributed by atoms with Gasteiger partial charge in [-0.05, 0) is 40.9 Å². The molecule has 19 heavy (non-hydrogen) atoms. The summed E-state index contributed by atoms with van der Waals surface area (Å²) in [5.41, 5.74) is 5.69. The molecule has 2 rings (SSSR count). The Labute approximate surface area is 119 Å². The van der Waals surface area contributed by atoms with Gasteiger partial charge in [0.05, 0.1) is 16.7 Å². The van der Waals surface area contributed by atoms with Crippen LogP contribution in [0.4, 0.5) is 4.39 Å². The number of nitrogens with two attached hydrogens (primary N) is 1. The molecule has 0 aliphatic rings. The van der Waals surface area contributed by atoms with Gasteiger partial charge in [0.15, 0.2) is 0 Å². The van der Waals surface area contributed by atoms with Crippen LogP contribution in [0.15, 0.2) is 28.9 Å². The van der Waals surface area contributed by atoms with E-state index in [-0.39, 0.29) is 11.9 Å². The lowest BCUT2D eigenvalue weighted by atomic mass is 10.00. The molecule has 0 radical (unpaired) electrons. The average molecular weight is 327 g/mol. The quantitative estimate of drug-likeness (QED) is 0.670. The summed E-state index contributed by atoms with van der Waals surface area (Å²) in [5.74, 6) is 5.36. The molecule has 0 fully saturated rings. The molecule has 3 N–H and O–H groups in total. The first-order chi connectivity index (χ1) is 9.04. The van der Waals surface area contributed by atoms with Crippen molar-refractivity contribution in [1.82, 2.24) is 15.2 Å². The van der Waals surface area contributed by atoms with Crippen molar-refractivity contribution in [2.45, 2.75) is 19.4 Å². The van der Waals surface area contributed by atoms with Gasteiger partial charge < -0.3 is 0 Å². The summed E-state index contributed by atoms with van der Waals surface area (Å²) in [6, 6.07) is 4.89. The third-order valence-corrected chi connectivity index (χ3v) is 4.19. The number of halogens is 2. The van der Waals surface area contributed by atoms with Crippen molar-refractivity contribution >= 4 is 15.9 Å². The first kappa shape index (κ1) is 14.2. The van der Waals surface area contributed by atoms with Gasteiger partial charge in [-0.25, -0.2) is 4.39 Å². The SMILES string of the molecule is Cc1c(C(Cc2cccc(F)c2Br)NN)cnn1C. The largest absolute Gasteiger partial charge is 0.273 e. The Hall–Kier alpha value is -1.24. The summed E-state index contributed by atoms with van der Waals surface area (Å²) in [4.78, 5) is 0. The number of hydrazine groups is 1. The molecule has 1 atom stereocenters. The molecule has 2 aromatic rings. The van der Waals surface area contributed by atoms with Crippen LogP contribution in [0.3, 0.4) is 0 Å². The van der Waals surface area contributed by atoms with Gasteiger partial charge in [0.25, 0.3) is 0 Å². The number of rotatable bonds is 4. The fourth-order valence-corrected chi connectivity index (χ4v) is 2.47. The van der Waals surface area contributed by atoms with Crippen molar-refractivity contribution in [1.29, 1.82) is 0 Å². The zero-order chi connectivity index (χ0) is 14.0. The number of aromatic nitrogens is 2. The number of hydrogen-bond donors (Lipinski definition) is 2. The van der Waals surface area contributed by atoms with Gasteiger partial charge in [0, 0.05) is 18.3 Å². The second-order valence-electron chi connectivity index (χ2n) is 4.45. The standard InChI is InChI=1S/C13H16BrFN4/c1-8-10(7-17-19(8)2)12(18-16)6-9-4-3-5-11(15)13(9)14/h3-5,7,12,18H,6,16H2,1-2H3. The number of benzene rings is 1. The molecule has 0 spiro atoms. The lowest BCUT2D eigenvalue weighted by molar-refractivity contribution is 0.543. The monoisotopic (exact) mass is 326 g/mol. The van der Waals surface area contributed by atoms with Crippen molar-refractivity contribution in [3.8, 4) is 0 Å². The Morgan fingerprint density at radius 1 is 1.53 bits per heavy atom. The van der Waals surface area contributed by atoms with Crippen LogP contribution in [0.25, 0.3) is 0 Å². The van der Waals surface area contributed by atoms with E-state index in [2.05, 4.69) is 26.5 Å². The van der Waals surface area contributed by atoms with E-state index in [0.29, 0.717) is 10.9 Å². The van der Waals surface area contributed by atoms with E-state index in [1.807, 2.05) is 20.0 Å². The molecule has 1 aromatic heterocycles. The zero-order valence-electron chi connectivity index (χ0n) is 10.8. The molecule has 0 saturated carbocycles. The van der Waals surface area contributed by atoms with Crippen molar-refractivity contribution in [3.63, 3.8) is 0 Å². The number of nitrogens with zero attached hydrogens (tertiary/aromatic N) is 2. The molecule has 1 heterocycles. The van der Waals surface area contributed by atoms with Crippen molar-refractivity contribution in [2.24, 2.45) is 12.9 Å². The smallest absolute Gasteiger partial charge is 0.137 e. The van der Waals surface area contributed by atoms with Gasteiger partial charge >= 0.3 is 0 Å². The molecule has 0 aliphatic heterocycles. The zero-order valence-corrected chi connectivity index (χ0v) is 12.4.